The molecule has 1 heterocycles. The molecule has 3 nitrogen and oxygen atoms in total. The summed E-state index contributed by atoms with van der Waals surface area (Å²) in [6.07, 6.45) is 3.00. The Morgan fingerprint density at radius 1 is 1.64 bits per heavy atom. The highest BCUT2D eigenvalue weighted by Crippen LogP contribution is 2.41. The van der Waals surface area contributed by atoms with Crippen molar-refractivity contribution in [3.63, 3.8) is 0 Å². The second-order valence-corrected chi connectivity index (χ2v) is 2.89. The van der Waals surface area contributed by atoms with Crippen molar-refractivity contribution in [2.45, 2.75) is 25.7 Å². The van der Waals surface area contributed by atoms with Crippen molar-refractivity contribution in [3.8, 4) is 0 Å². The van der Waals surface area contributed by atoms with Crippen molar-refractivity contribution >= 4 is 6.29 Å². The number of carbonyl (C=O) groups is 1. The van der Waals surface area contributed by atoms with Crippen LogP contribution in [0.2, 0.25) is 0 Å². The molecule has 11 heavy (non-hydrogen) atoms. The van der Waals surface area contributed by atoms with Crippen molar-refractivity contribution in [2.24, 2.45) is 0 Å². The van der Waals surface area contributed by atoms with Crippen LogP contribution in [0.15, 0.2) is 4.42 Å². The maximum absolute atomic E-state index is 10.3. The van der Waals surface area contributed by atoms with Gasteiger partial charge in [0, 0.05) is 5.92 Å². The first-order valence-electron chi connectivity index (χ1n) is 3.74. The molecule has 0 spiro atoms. The molecule has 1 aromatic heterocycles. The van der Waals surface area contributed by atoms with Crippen molar-refractivity contribution in [2.75, 3.05) is 0 Å². The Balaban J connectivity index is 2.37. The van der Waals surface area contributed by atoms with Crippen molar-refractivity contribution in [3.05, 3.63) is 17.3 Å². The van der Waals surface area contributed by atoms with Gasteiger partial charge in [0.2, 0.25) is 6.29 Å². The van der Waals surface area contributed by atoms with Crippen LogP contribution in [0.3, 0.4) is 0 Å². The highest BCUT2D eigenvalue weighted by atomic mass is 16.4. The molecule has 0 amide bonds. The first-order chi connectivity index (χ1) is 5.31. The molecule has 1 saturated carbocycles. The average molecular weight is 151 g/mol. The van der Waals surface area contributed by atoms with Gasteiger partial charge in [-0.25, -0.2) is 4.98 Å². The predicted molar refractivity (Wildman–Crippen MR) is 38.6 cm³/mol. The van der Waals surface area contributed by atoms with Crippen molar-refractivity contribution in [1.82, 2.24) is 4.98 Å². The molecule has 0 saturated heterocycles. The van der Waals surface area contributed by atoms with Gasteiger partial charge in [0.15, 0.2) is 0 Å². The Morgan fingerprint density at radius 3 is 2.82 bits per heavy atom. The van der Waals surface area contributed by atoms with Crippen LogP contribution in [0.5, 0.6) is 0 Å². The standard InChI is InChI=1S/C8H9NO2/c1-5-8(6-2-3-6)11-7(4-10)9-5/h4,6H,2-3H2,1H3. The van der Waals surface area contributed by atoms with Crippen molar-refractivity contribution in [1.29, 1.82) is 0 Å². The molecule has 0 aliphatic heterocycles. The molecule has 2 rings (SSSR count). The number of aryl methyl sites for hydroxylation is 1. The summed E-state index contributed by atoms with van der Waals surface area (Å²) >= 11 is 0. The molecule has 0 aromatic carbocycles. The second-order valence-electron chi connectivity index (χ2n) is 2.89. The smallest absolute Gasteiger partial charge is 0.260 e. The normalized spacial score (nSPS) is 16.8. The molecule has 0 N–H and O–H groups in total. The van der Waals surface area contributed by atoms with Crippen LogP contribution in [0.4, 0.5) is 0 Å². The van der Waals surface area contributed by atoms with Crippen molar-refractivity contribution < 1.29 is 9.21 Å². The maximum Gasteiger partial charge on any atom is 0.260 e. The number of hydrogen-bond acceptors (Lipinski definition) is 3. The fourth-order valence-electron chi connectivity index (χ4n) is 1.20. The number of rotatable bonds is 2. The summed E-state index contributed by atoms with van der Waals surface area (Å²) in [5.41, 5.74) is 0.870. The second kappa shape index (κ2) is 2.19. The summed E-state index contributed by atoms with van der Waals surface area (Å²) in [6.45, 7) is 1.88. The van der Waals surface area contributed by atoms with E-state index in [1.807, 2.05) is 6.92 Å². The predicted octanol–water partition coefficient (Wildman–Crippen LogP) is 1.67. The number of nitrogens with zero attached hydrogens (tertiary/aromatic N) is 1. The summed E-state index contributed by atoms with van der Waals surface area (Å²) in [6, 6.07) is 0. The van der Waals surface area contributed by atoms with Gasteiger partial charge in [0.05, 0.1) is 5.69 Å². The van der Waals surface area contributed by atoms with E-state index in [4.69, 9.17) is 4.42 Å². The van der Waals surface area contributed by atoms with Crippen LogP contribution in [-0.4, -0.2) is 11.3 Å². The van der Waals surface area contributed by atoms with Gasteiger partial charge in [-0.1, -0.05) is 0 Å². The Morgan fingerprint density at radius 2 is 2.36 bits per heavy atom. The third-order valence-corrected chi connectivity index (χ3v) is 1.90. The zero-order valence-electron chi connectivity index (χ0n) is 6.33. The third-order valence-electron chi connectivity index (χ3n) is 1.90. The summed E-state index contributed by atoms with van der Waals surface area (Å²) in [4.78, 5) is 14.2. The lowest BCUT2D eigenvalue weighted by Gasteiger charge is -1.87. The van der Waals surface area contributed by atoms with E-state index < -0.39 is 0 Å². The molecule has 0 atom stereocenters. The topological polar surface area (TPSA) is 43.1 Å². The van der Waals surface area contributed by atoms with E-state index in [-0.39, 0.29) is 5.89 Å². The van der Waals surface area contributed by atoms with Crippen LogP contribution >= 0.6 is 0 Å². The van der Waals surface area contributed by atoms with Gasteiger partial charge in [-0.3, -0.25) is 4.79 Å². The van der Waals surface area contributed by atoms with E-state index in [0.717, 1.165) is 11.5 Å². The minimum Gasteiger partial charge on any atom is -0.439 e. The zero-order valence-corrected chi connectivity index (χ0v) is 6.33. The Labute approximate surface area is 64.4 Å². The quantitative estimate of drug-likeness (QED) is 0.604. The van der Waals surface area contributed by atoms with Crippen LogP contribution in [-0.2, 0) is 0 Å². The Bertz CT molecular complexity index is 286. The maximum atomic E-state index is 10.3. The first kappa shape index (κ1) is 6.58. The van der Waals surface area contributed by atoms with Gasteiger partial charge in [0.25, 0.3) is 5.89 Å². The number of carbonyl (C=O) groups excluding carboxylic acids is 1. The minimum atomic E-state index is 0.212. The largest absolute Gasteiger partial charge is 0.439 e. The molecule has 3 heteroatoms. The van der Waals surface area contributed by atoms with Crippen LogP contribution < -0.4 is 0 Å². The van der Waals surface area contributed by atoms with E-state index in [9.17, 15) is 4.79 Å². The summed E-state index contributed by atoms with van der Waals surface area (Å²) in [5, 5.41) is 0. The van der Waals surface area contributed by atoms with Crippen LogP contribution in [0.1, 0.15) is 40.9 Å². The SMILES string of the molecule is Cc1nc(C=O)oc1C1CC1. The summed E-state index contributed by atoms with van der Waals surface area (Å²) in [5.74, 6) is 1.66. The number of hydrogen-bond donors (Lipinski definition) is 0. The highest BCUT2D eigenvalue weighted by molar-refractivity contribution is 5.67. The fraction of sp³-hybridized carbons (Fsp3) is 0.500. The monoisotopic (exact) mass is 151 g/mol. The van der Waals surface area contributed by atoms with Gasteiger partial charge in [-0.2, -0.15) is 0 Å². The molecule has 1 aliphatic rings. The average Bonchev–Trinajstić information content (AvgIpc) is 2.76. The minimum absolute atomic E-state index is 0.212. The van der Waals surface area contributed by atoms with Gasteiger partial charge in [0.1, 0.15) is 5.76 Å². The van der Waals surface area contributed by atoms with Crippen LogP contribution in [0.25, 0.3) is 0 Å². The molecule has 0 radical (unpaired) electrons. The Kier molecular flexibility index (Phi) is 1.31. The molecule has 1 aliphatic carbocycles. The zero-order chi connectivity index (χ0) is 7.84. The van der Waals surface area contributed by atoms with Crippen LogP contribution in [0, 0.1) is 6.92 Å². The lowest BCUT2D eigenvalue weighted by Crippen LogP contribution is -1.78. The van der Waals surface area contributed by atoms with Gasteiger partial charge >= 0.3 is 0 Å². The van der Waals surface area contributed by atoms with Gasteiger partial charge in [-0.05, 0) is 19.8 Å². The molecule has 0 bridgehead atoms. The third kappa shape index (κ3) is 1.06. The Hall–Kier alpha value is -1.12. The lowest BCUT2D eigenvalue weighted by atomic mass is 10.3. The van der Waals surface area contributed by atoms with E-state index in [0.29, 0.717) is 12.2 Å². The molecule has 1 aromatic rings. The van der Waals surface area contributed by atoms with E-state index in [1.165, 1.54) is 12.8 Å². The molecule has 0 unspecified atom stereocenters. The number of oxazole rings is 1. The molecule has 1 fully saturated rings. The number of aldehydes is 1. The summed E-state index contributed by atoms with van der Waals surface area (Å²) < 4.78 is 5.21. The fourth-order valence-corrected chi connectivity index (χ4v) is 1.20. The van der Waals surface area contributed by atoms with E-state index in [1.54, 1.807) is 0 Å². The lowest BCUT2D eigenvalue weighted by molar-refractivity contribution is 0.109. The van der Waals surface area contributed by atoms with Gasteiger partial charge in [-0.15, -0.1) is 0 Å². The molecule has 58 valence electrons. The first-order valence-corrected chi connectivity index (χ1v) is 3.74. The van der Waals surface area contributed by atoms with E-state index in [2.05, 4.69) is 4.98 Å². The van der Waals surface area contributed by atoms with Gasteiger partial charge < -0.3 is 4.42 Å². The summed E-state index contributed by atoms with van der Waals surface area (Å²) in [7, 11) is 0. The molecular weight excluding hydrogens is 142 g/mol. The number of aromatic nitrogens is 1. The molecular formula is C8H9NO2. The van der Waals surface area contributed by atoms with E-state index >= 15 is 0 Å². The highest BCUT2D eigenvalue weighted by Gasteiger charge is 2.29.